The van der Waals surface area contributed by atoms with Gasteiger partial charge in [-0.1, -0.05) is 42.5 Å². The highest BCUT2D eigenvalue weighted by Gasteiger charge is 2.04. The molecule has 3 aromatic rings. The number of allylic oxidation sites excluding steroid dienone is 1. The Kier molecular flexibility index (Phi) is 9.13. The minimum absolute atomic E-state index is 0.224. The van der Waals surface area contributed by atoms with E-state index in [2.05, 4.69) is 39.1 Å². The first-order valence-corrected chi connectivity index (χ1v) is 10.9. The third-order valence-corrected chi connectivity index (χ3v) is 5.12. The van der Waals surface area contributed by atoms with Gasteiger partial charge < -0.3 is 19.7 Å². The molecule has 0 atom stereocenters. The van der Waals surface area contributed by atoms with Crippen molar-refractivity contribution >= 4 is 16.7 Å². The molecule has 0 saturated heterocycles. The zero-order valence-electron chi connectivity index (χ0n) is 17.9. The SMILES string of the molecule is O=C(O)CCCC/C=C(\CNCCCn1ccnc1)COc1cccc2ccccc12. The maximum absolute atomic E-state index is 10.7. The van der Waals surface area contributed by atoms with Crippen molar-refractivity contribution in [1.29, 1.82) is 0 Å². The average molecular weight is 422 g/mol. The van der Waals surface area contributed by atoms with Crippen LogP contribution in [0, 0.1) is 0 Å². The van der Waals surface area contributed by atoms with E-state index in [-0.39, 0.29) is 6.42 Å². The molecule has 0 amide bonds. The van der Waals surface area contributed by atoms with E-state index in [4.69, 9.17) is 9.84 Å². The maximum atomic E-state index is 10.7. The fourth-order valence-electron chi connectivity index (χ4n) is 3.46. The number of carboxylic acids is 1. The Hall–Kier alpha value is -3.12. The van der Waals surface area contributed by atoms with Crippen molar-refractivity contribution in [2.24, 2.45) is 0 Å². The monoisotopic (exact) mass is 421 g/mol. The van der Waals surface area contributed by atoms with Crippen LogP contribution in [0.4, 0.5) is 0 Å². The Bertz CT molecular complexity index is 962. The Morgan fingerprint density at radius 1 is 1.13 bits per heavy atom. The number of nitrogens with one attached hydrogen (secondary N) is 1. The summed E-state index contributed by atoms with van der Waals surface area (Å²) in [5.41, 5.74) is 1.19. The summed E-state index contributed by atoms with van der Waals surface area (Å²) in [7, 11) is 0. The molecular weight excluding hydrogens is 390 g/mol. The number of aromatic nitrogens is 2. The number of nitrogens with zero attached hydrogens (tertiary/aromatic N) is 2. The van der Waals surface area contributed by atoms with E-state index in [1.807, 2.05) is 36.8 Å². The molecular formula is C25H31N3O3. The third kappa shape index (κ3) is 7.90. The molecule has 1 heterocycles. The average Bonchev–Trinajstić information content (AvgIpc) is 3.29. The predicted octanol–water partition coefficient (Wildman–Crippen LogP) is 4.67. The Morgan fingerprint density at radius 3 is 2.84 bits per heavy atom. The van der Waals surface area contributed by atoms with E-state index >= 15 is 0 Å². The number of benzene rings is 2. The number of aliphatic carboxylic acids is 1. The molecule has 2 aromatic carbocycles. The lowest BCUT2D eigenvalue weighted by Gasteiger charge is -2.13. The molecule has 0 fully saturated rings. The van der Waals surface area contributed by atoms with Gasteiger partial charge in [0.25, 0.3) is 0 Å². The van der Waals surface area contributed by atoms with Gasteiger partial charge in [-0.05, 0) is 49.3 Å². The Morgan fingerprint density at radius 2 is 2.00 bits per heavy atom. The number of imidazole rings is 1. The highest BCUT2D eigenvalue weighted by molar-refractivity contribution is 5.88. The summed E-state index contributed by atoms with van der Waals surface area (Å²) in [5, 5.41) is 14.6. The van der Waals surface area contributed by atoms with Gasteiger partial charge in [-0.15, -0.1) is 0 Å². The van der Waals surface area contributed by atoms with Crippen molar-refractivity contribution in [2.45, 2.75) is 38.6 Å². The molecule has 0 saturated carbocycles. The van der Waals surface area contributed by atoms with Crippen LogP contribution in [0.15, 0.2) is 72.8 Å². The summed E-state index contributed by atoms with van der Waals surface area (Å²) in [6, 6.07) is 14.3. The van der Waals surface area contributed by atoms with Gasteiger partial charge in [-0.2, -0.15) is 0 Å². The molecule has 0 aliphatic heterocycles. The van der Waals surface area contributed by atoms with Crippen LogP contribution >= 0.6 is 0 Å². The van der Waals surface area contributed by atoms with Crippen molar-refractivity contribution < 1.29 is 14.6 Å². The zero-order valence-corrected chi connectivity index (χ0v) is 17.9. The van der Waals surface area contributed by atoms with Crippen LogP contribution in [0.3, 0.4) is 0 Å². The molecule has 31 heavy (non-hydrogen) atoms. The molecule has 3 rings (SSSR count). The first-order valence-electron chi connectivity index (χ1n) is 10.9. The van der Waals surface area contributed by atoms with Gasteiger partial charge in [-0.25, -0.2) is 4.98 Å². The largest absolute Gasteiger partial charge is 0.489 e. The fourth-order valence-corrected chi connectivity index (χ4v) is 3.46. The van der Waals surface area contributed by atoms with E-state index in [0.29, 0.717) is 13.0 Å². The van der Waals surface area contributed by atoms with Crippen LogP contribution in [0.5, 0.6) is 5.75 Å². The van der Waals surface area contributed by atoms with E-state index in [9.17, 15) is 4.79 Å². The van der Waals surface area contributed by atoms with Crippen molar-refractivity contribution in [3.05, 3.63) is 72.8 Å². The number of rotatable bonds is 14. The van der Waals surface area contributed by atoms with Crippen LogP contribution < -0.4 is 10.1 Å². The van der Waals surface area contributed by atoms with Gasteiger partial charge >= 0.3 is 5.97 Å². The second kappa shape index (κ2) is 12.5. The summed E-state index contributed by atoms with van der Waals surface area (Å²) >= 11 is 0. The second-order valence-electron chi connectivity index (χ2n) is 7.60. The number of fused-ring (bicyclic) bond motifs is 1. The lowest BCUT2D eigenvalue weighted by molar-refractivity contribution is -0.137. The van der Waals surface area contributed by atoms with Crippen LogP contribution in [0.1, 0.15) is 32.1 Å². The lowest BCUT2D eigenvalue weighted by atomic mass is 10.1. The van der Waals surface area contributed by atoms with Crippen molar-refractivity contribution in [3.63, 3.8) is 0 Å². The summed E-state index contributed by atoms with van der Waals surface area (Å²) in [4.78, 5) is 14.8. The molecule has 164 valence electrons. The summed E-state index contributed by atoms with van der Waals surface area (Å²) in [5.74, 6) is 0.151. The van der Waals surface area contributed by atoms with Gasteiger partial charge in [0.05, 0.1) is 6.33 Å². The Balaban J connectivity index is 1.51. The number of carbonyl (C=O) groups is 1. The minimum Gasteiger partial charge on any atom is -0.489 e. The number of hydrogen-bond acceptors (Lipinski definition) is 4. The van der Waals surface area contributed by atoms with Gasteiger partial charge in [0.15, 0.2) is 0 Å². The first-order chi connectivity index (χ1) is 15.2. The molecule has 1 aromatic heterocycles. The van der Waals surface area contributed by atoms with Crippen molar-refractivity contribution in [2.75, 3.05) is 19.7 Å². The standard InChI is InChI=1S/C25H31N3O3/c29-25(30)13-3-1-2-8-21(18-26-14-7-16-28-17-15-27-20-28)19-31-24-12-6-10-22-9-4-5-11-23(22)24/h4-6,8-12,15,17,20,26H,1-3,7,13-14,16,18-19H2,(H,29,30)/b21-8+. The highest BCUT2D eigenvalue weighted by Crippen LogP contribution is 2.25. The van der Waals surface area contributed by atoms with Crippen LogP contribution in [0.2, 0.25) is 0 Å². The van der Waals surface area contributed by atoms with Gasteiger partial charge in [0, 0.05) is 37.3 Å². The van der Waals surface area contributed by atoms with E-state index in [1.54, 1.807) is 6.20 Å². The number of ether oxygens (including phenoxy) is 1. The number of carboxylic acid groups (broad SMARTS) is 1. The second-order valence-corrected chi connectivity index (χ2v) is 7.60. The third-order valence-electron chi connectivity index (χ3n) is 5.12. The topological polar surface area (TPSA) is 76.4 Å². The molecule has 0 aliphatic rings. The Labute approximate surface area is 183 Å². The predicted molar refractivity (Wildman–Crippen MR) is 123 cm³/mol. The molecule has 6 nitrogen and oxygen atoms in total. The van der Waals surface area contributed by atoms with Crippen LogP contribution in [-0.2, 0) is 11.3 Å². The molecule has 6 heteroatoms. The molecule has 0 unspecified atom stereocenters. The maximum Gasteiger partial charge on any atom is 0.303 e. The quantitative estimate of drug-likeness (QED) is 0.292. The molecule has 2 N–H and O–H groups in total. The van der Waals surface area contributed by atoms with Crippen LogP contribution in [0.25, 0.3) is 10.8 Å². The van der Waals surface area contributed by atoms with E-state index < -0.39 is 5.97 Å². The number of aryl methyl sites for hydroxylation is 1. The number of hydrogen-bond donors (Lipinski definition) is 2. The van der Waals surface area contributed by atoms with Crippen molar-refractivity contribution in [1.82, 2.24) is 14.9 Å². The van der Waals surface area contributed by atoms with Crippen LogP contribution in [-0.4, -0.2) is 40.3 Å². The smallest absolute Gasteiger partial charge is 0.303 e. The first kappa shape index (κ1) is 22.6. The van der Waals surface area contributed by atoms with Gasteiger partial charge in [-0.3, -0.25) is 4.79 Å². The van der Waals surface area contributed by atoms with Crippen molar-refractivity contribution in [3.8, 4) is 5.75 Å². The lowest BCUT2D eigenvalue weighted by Crippen LogP contribution is -2.22. The molecule has 0 aliphatic carbocycles. The van der Waals surface area contributed by atoms with Gasteiger partial charge in [0.2, 0.25) is 0 Å². The summed E-state index contributed by atoms with van der Waals surface area (Å²) < 4.78 is 8.25. The molecule has 0 spiro atoms. The summed E-state index contributed by atoms with van der Waals surface area (Å²) in [6.07, 6.45) is 11.5. The number of unbranched alkanes of at least 4 members (excludes halogenated alkanes) is 2. The normalized spacial score (nSPS) is 11.7. The van der Waals surface area contributed by atoms with E-state index in [1.165, 1.54) is 5.57 Å². The highest BCUT2D eigenvalue weighted by atomic mass is 16.5. The minimum atomic E-state index is -0.733. The molecule has 0 bridgehead atoms. The summed E-state index contributed by atoms with van der Waals surface area (Å²) in [6.45, 7) is 3.12. The molecule has 0 radical (unpaired) electrons. The van der Waals surface area contributed by atoms with E-state index in [0.717, 1.165) is 55.4 Å². The van der Waals surface area contributed by atoms with Gasteiger partial charge in [0.1, 0.15) is 12.4 Å². The zero-order chi connectivity index (χ0) is 21.7. The fraction of sp³-hybridized carbons (Fsp3) is 0.360.